The highest BCUT2D eigenvalue weighted by Gasteiger charge is 2.50. The lowest BCUT2D eigenvalue weighted by Crippen LogP contribution is -2.34. The lowest BCUT2D eigenvalue weighted by Gasteiger charge is -2.10. The fourth-order valence-electron chi connectivity index (χ4n) is 1.36. The van der Waals surface area contributed by atoms with Gasteiger partial charge in [0.1, 0.15) is 0 Å². The highest BCUT2D eigenvalue weighted by atomic mass is 16.4. The van der Waals surface area contributed by atoms with Gasteiger partial charge in [-0.15, -0.1) is 0 Å². The number of carboxylic acids is 1. The predicted octanol–water partition coefficient (Wildman–Crippen LogP) is 0.377. The van der Waals surface area contributed by atoms with Crippen LogP contribution < -0.4 is 5.32 Å². The molecule has 0 bridgehead atoms. The van der Waals surface area contributed by atoms with Crippen molar-refractivity contribution in [1.82, 2.24) is 5.32 Å². The molecule has 2 rings (SSSR count). The number of rotatable bonds is 4. The summed E-state index contributed by atoms with van der Waals surface area (Å²) in [5, 5.41) is 11.5. The topological polar surface area (TPSA) is 66.4 Å². The van der Waals surface area contributed by atoms with Crippen LogP contribution in [0.15, 0.2) is 0 Å². The zero-order valence-corrected chi connectivity index (χ0v) is 7.38. The molecule has 2 saturated carbocycles. The van der Waals surface area contributed by atoms with Crippen LogP contribution in [0.25, 0.3) is 0 Å². The summed E-state index contributed by atoms with van der Waals surface area (Å²) in [5.74, 6) is -0.569. The van der Waals surface area contributed by atoms with E-state index >= 15 is 0 Å². The van der Waals surface area contributed by atoms with Crippen LogP contribution in [0.3, 0.4) is 0 Å². The highest BCUT2D eigenvalue weighted by molar-refractivity contribution is 5.83. The normalized spacial score (nSPS) is 23.7. The largest absolute Gasteiger partial charge is 0.481 e. The van der Waals surface area contributed by atoms with E-state index in [2.05, 4.69) is 5.32 Å². The zero-order valence-electron chi connectivity index (χ0n) is 7.38. The van der Waals surface area contributed by atoms with Gasteiger partial charge in [-0.25, -0.2) is 0 Å². The van der Waals surface area contributed by atoms with E-state index in [0.717, 1.165) is 12.8 Å². The summed E-state index contributed by atoms with van der Waals surface area (Å²) in [6.07, 6.45) is 3.33. The monoisotopic (exact) mass is 183 g/mol. The SMILES string of the molecule is O=C(NCC1(C(=O)O)CC1)C1CC1. The van der Waals surface area contributed by atoms with E-state index in [-0.39, 0.29) is 11.8 Å². The molecule has 2 aliphatic rings. The van der Waals surface area contributed by atoms with Gasteiger partial charge in [-0.1, -0.05) is 0 Å². The molecule has 2 N–H and O–H groups in total. The molecule has 0 aromatic rings. The number of aliphatic carboxylic acids is 1. The number of nitrogens with one attached hydrogen (secondary N) is 1. The molecule has 0 aliphatic heterocycles. The van der Waals surface area contributed by atoms with E-state index < -0.39 is 11.4 Å². The molecule has 0 spiro atoms. The third-order valence-corrected chi connectivity index (χ3v) is 2.86. The lowest BCUT2D eigenvalue weighted by molar-refractivity contribution is -0.143. The number of hydrogen-bond acceptors (Lipinski definition) is 2. The van der Waals surface area contributed by atoms with Crippen molar-refractivity contribution in [2.45, 2.75) is 25.7 Å². The molecule has 0 aromatic carbocycles. The van der Waals surface area contributed by atoms with Gasteiger partial charge in [0.15, 0.2) is 0 Å². The Balaban J connectivity index is 1.78. The van der Waals surface area contributed by atoms with Crippen molar-refractivity contribution in [3.05, 3.63) is 0 Å². The quantitative estimate of drug-likeness (QED) is 0.662. The summed E-state index contributed by atoms with van der Waals surface area (Å²) in [6, 6.07) is 0. The average molecular weight is 183 g/mol. The number of carbonyl (C=O) groups is 2. The van der Waals surface area contributed by atoms with Crippen LogP contribution >= 0.6 is 0 Å². The minimum atomic E-state index is -0.774. The van der Waals surface area contributed by atoms with E-state index in [4.69, 9.17) is 5.11 Å². The van der Waals surface area contributed by atoms with Gasteiger partial charge in [0.25, 0.3) is 0 Å². The molecule has 0 aromatic heterocycles. The van der Waals surface area contributed by atoms with Gasteiger partial charge in [0, 0.05) is 12.5 Å². The van der Waals surface area contributed by atoms with E-state index in [9.17, 15) is 9.59 Å². The number of carbonyl (C=O) groups excluding carboxylic acids is 1. The Kier molecular flexibility index (Phi) is 1.78. The number of hydrogen-bond donors (Lipinski definition) is 2. The van der Waals surface area contributed by atoms with Crippen LogP contribution in [0, 0.1) is 11.3 Å². The average Bonchev–Trinajstić information content (AvgIpc) is 2.94. The Bertz CT molecular complexity index is 254. The van der Waals surface area contributed by atoms with Crippen molar-refractivity contribution in [2.75, 3.05) is 6.54 Å². The molecule has 2 aliphatic carbocycles. The van der Waals surface area contributed by atoms with Crippen LogP contribution in [0.4, 0.5) is 0 Å². The van der Waals surface area contributed by atoms with Crippen molar-refractivity contribution in [1.29, 1.82) is 0 Å². The van der Waals surface area contributed by atoms with Crippen molar-refractivity contribution < 1.29 is 14.7 Å². The van der Waals surface area contributed by atoms with Crippen molar-refractivity contribution in [3.63, 3.8) is 0 Å². The second-order valence-electron chi connectivity index (χ2n) is 4.08. The molecule has 2 fully saturated rings. The van der Waals surface area contributed by atoms with Crippen LogP contribution in [0.2, 0.25) is 0 Å². The molecule has 4 heteroatoms. The fourth-order valence-corrected chi connectivity index (χ4v) is 1.36. The molecule has 72 valence electrons. The summed E-state index contributed by atoms with van der Waals surface area (Å²) in [5.41, 5.74) is -0.620. The smallest absolute Gasteiger partial charge is 0.311 e. The third kappa shape index (κ3) is 1.66. The molecule has 0 atom stereocenters. The predicted molar refractivity (Wildman–Crippen MR) is 45.0 cm³/mol. The Labute approximate surface area is 76.3 Å². The van der Waals surface area contributed by atoms with Crippen LogP contribution in [0.5, 0.6) is 0 Å². The highest BCUT2D eigenvalue weighted by Crippen LogP contribution is 2.45. The first-order chi connectivity index (χ1) is 6.14. The maximum absolute atomic E-state index is 11.2. The van der Waals surface area contributed by atoms with Gasteiger partial charge in [0.2, 0.25) is 5.91 Å². The van der Waals surface area contributed by atoms with Gasteiger partial charge in [-0.2, -0.15) is 0 Å². The minimum Gasteiger partial charge on any atom is -0.481 e. The Morgan fingerprint density at radius 2 is 2.00 bits per heavy atom. The molecule has 13 heavy (non-hydrogen) atoms. The second-order valence-corrected chi connectivity index (χ2v) is 4.08. The molecule has 0 heterocycles. The summed E-state index contributed by atoms with van der Waals surface area (Å²) in [6.45, 7) is 0.317. The van der Waals surface area contributed by atoms with Crippen LogP contribution in [-0.4, -0.2) is 23.5 Å². The third-order valence-electron chi connectivity index (χ3n) is 2.86. The minimum absolute atomic E-state index is 0.0347. The molecule has 4 nitrogen and oxygen atoms in total. The summed E-state index contributed by atoms with van der Waals surface area (Å²) in [4.78, 5) is 21.9. The Morgan fingerprint density at radius 1 is 1.38 bits per heavy atom. The molecule has 0 radical (unpaired) electrons. The summed E-state index contributed by atoms with van der Waals surface area (Å²) < 4.78 is 0. The van der Waals surface area contributed by atoms with Crippen molar-refractivity contribution in [3.8, 4) is 0 Å². The first-order valence-corrected chi connectivity index (χ1v) is 4.65. The maximum Gasteiger partial charge on any atom is 0.311 e. The first-order valence-electron chi connectivity index (χ1n) is 4.65. The van der Waals surface area contributed by atoms with E-state index in [1.165, 1.54) is 0 Å². The lowest BCUT2D eigenvalue weighted by atomic mass is 10.1. The number of amides is 1. The second kappa shape index (κ2) is 2.72. The van der Waals surface area contributed by atoms with Gasteiger partial charge >= 0.3 is 5.97 Å². The molecule has 0 saturated heterocycles. The Morgan fingerprint density at radius 3 is 2.38 bits per heavy atom. The first kappa shape index (κ1) is 8.53. The zero-order chi connectivity index (χ0) is 9.47. The van der Waals surface area contributed by atoms with Crippen molar-refractivity contribution >= 4 is 11.9 Å². The van der Waals surface area contributed by atoms with Gasteiger partial charge in [0.05, 0.1) is 5.41 Å². The molecular weight excluding hydrogens is 170 g/mol. The molecule has 1 amide bonds. The fraction of sp³-hybridized carbons (Fsp3) is 0.778. The molecule has 0 unspecified atom stereocenters. The molecular formula is C9H13NO3. The van der Waals surface area contributed by atoms with Crippen LogP contribution in [-0.2, 0) is 9.59 Å². The summed E-state index contributed by atoms with van der Waals surface area (Å²) in [7, 11) is 0. The van der Waals surface area contributed by atoms with Crippen molar-refractivity contribution in [2.24, 2.45) is 11.3 Å². The van der Waals surface area contributed by atoms with E-state index in [0.29, 0.717) is 19.4 Å². The number of carboxylic acid groups (broad SMARTS) is 1. The van der Waals surface area contributed by atoms with Gasteiger partial charge in [-0.3, -0.25) is 9.59 Å². The van der Waals surface area contributed by atoms with E-state index in [1.807, 2.05) is 0 Å². The van der Waals surface area contributed by atoms with Gasteiger partial charge in [-0.05, 0) is 25.7 Å². The summed E-state index contributed by atoms with van der Waals surface area (Å²) >= 11 is 0. The Hall–Kier alpha value is -1.06. The van der Waals surface area contributed by atoms with E-state index in [1.54, 1.807) is 0 Å². The maximum atomic E-state index is 11.2. The standard InChI is InChI=1S/C9H13NO3/c11-7(6-1-2-6)10-5-9(3-4-9)8(12)13/h6H,1-5H2,(H,10,11)(H,12,13). The van der Waals surface area contributed by atoms with Crippen LogP contribution in [0.1, 0.15) is 25.7 Å². The van der Waals surface area contributed by atoms with Gasteiger partial charge < -0.3 is 10.4 Å².